The number of ether oxygens (including phenoxy) is 1. The molecule has 5 nitrogen and oxygen atoms in total. The maximum absolute atomic E-state index is 12.2. The monoisotopic (exact) mass is 432 g/mol. The lowest BCUT2D eigenvalue weighted by atomic mass is 10.1. The first-order valence-corrected chi connectivity index (χ1v) is 8.03. The van der Waals surface area contributed by atoms with E-state index in [-0.39, 0.29) is 5.57 Å². The van der Waals surface area contributed by atoms with Crippen molar-refractivity contribution in [2.45, 2.75) is 6.92 Å². The van der Waals surface area contributed by atoms with Crippen molar-refractivity contribution in [3.8, 4) is 11.8 Å². The second-order valence-corrected chi connectivity index (χ2v) is 6.04. The average molecular weight is 432 g/mol. The molecule has 0 saturated heterocycles. The average Bonchev–Trinajstić information content (AvgIpc) is 2.55. The molecule has 0 bridgehead atoms. The number of nitriles is 1. The summed E-state index contributed by atoms with van der Waals surface area (Å²) in [6.45, 7) is 1.32. The van der Waals surface area contributed by atoms with Gasteiger partial charge in [0, 0.05) is 16.2 Å². The first-order chi connectivity index (χ1) is 11.5. The Morgan fingerprint density at radius 1 is 1.12 bits per heavy atom. The number of anilines is 1. The molecule has 0 aromatic heterocycles. The van der Waals surface area contributed by atoms with Crippen molar-refractivity contribution >= 4 is 46.2 Å². The van der Waals surface area contributed by atoms with Crippen LogP contribution >= 0.6 is 22.6 Å². The smallest absolute Gasteiger partial charge is 0.308 e. The number of nitrogens with zero attached hydrogens (tertiary/aromatic N) is 1. The third-order valence-corrected chi connectivity index (χ3v) is 3.64. The molecule has 120 valence electrons. The number of hydrogen-bond donors (Lipinski definition) is 1. The lowest BCUT2D eigenvalue weighted by molar-refractivity contribution is -0.131. The van der Waals surface area contributed by atoms with Crippen LogP contribution in [0, 0.1) is 14.9 Å². The van der Waals surface area contributed by atoms with E-state index in [0.29, 0.717) is 17.0 Å². The van der Waals surface area contributed by atoms with E-state index in [4.69, 9.17) is 4.74 Å². The van der Waals surface area contributed by atoms with Gasteiger partial charge in [0.2, 0.25) is 0 Å². The minimum Gasteiger partial charge on any atom is -0.427 e. The van der Waals surface area contributed by atoms with Crippen LogP contribution in [0.1, 0.15) is 12.5 Å². The molecule has 0 heterocycles. The molecule has 2 rings (SSSR count). The Kier molecular flexibility index (Phi) is 6.09. The first kappa shape index (κ1) is 17.7. The van der Waals surface area contributed by atoms with Gasteiger partial charge in [0.15, 0.2) is 0 Å². The number of esters is 1. The van der Waals surface area contributed by atoms with Gasteiger partial charge in [0.25, 0.3) is 5.91 Å². The molecule has 24 heavy (non-hydrogen) atoms. The summed E-state index contributed by atoms with van der Waals surface area (Å²) in [5.74, 6) is -0.489. The summed E-state index contributed by atoms with van der Waals surface area (Å²) in [5, 5.41) is 11.9. The number of rotatable bonds is 4. The molecule has 2 aromatic rings. The molecule has 1 N–H and O–H groups in total. The van der Waals surface area contributed by atoms with Gasteiger partial charge in [-0.25, -0.2) is 0 Å². The van der Waals surface area contributed by atoms with Gasteiger partial charge in [-0.1, -0.05) is 12.1 Å². The van der Waals surface area contributed by atoms with Crippen LogP contribution in [0.5, 0.6) is 5.75 Å². The van der Waals surface area contributed by atoms with E-state index in [0.717, 1.165) is 3.57 Å². The molecule has 0 saturated carbocycles. The van der Waals surface area contributed by atoms with Crippen LogP contribution in [0.4, 0.5) is 5.69 Å². The summed E-state index contributed by atoms with van der Waals surface area (Å²) in [6, 6.07) is 15.7. The van der Waals surface area contributed by atoms with Crippen LogP contribution in [0.3, 0.4) is 0 Å². The van der Waals surface area contributed by atoms with E-state index in [1.165, 1.54) is 13.0 Å². The number of amides is 1. The molecule has 0 radical (unpaired) electrons. The van der Waals surface area contributed by atoms with E-state index in [2.05, 4.69) is 27.9 Å². The van der Waals surface area contributed by atoms with Crippen LogP contribution in [0.2, 0.25) is 0 Å². The number of halogens is 1. The largest absolute Gasteiger partial charge is 0.427 e. The quantitative estimate of drug-likeness (QED) is 0.262. The molecule has 0 aliphatic rings. The Bertz CT molecular complexity index is 819. The van der Waals surface area contributed by atoms with Gasteiger partial charge in [0.1, 0.15) is 17.4 Å². The predicted molar refractivity (Wildman–Crippen MR) is 99.1 cm³/mol. The summed E-state index contributed by atoms with van der Waals surface area (Å²) in [5.41, 5.74) is 1.25. The minimum atomic E-state index is -0.484. The Balaban J connectivity index is 2.13. The normalized spacial score (nSPS) is 10.6. The van der Waals surface area contributed by atoms with Crippen molar-refractivity contribution in [1.29, 1.82) is 5.26 Å². The van der Waals surface area contributed by atoms with Crippen molar-refractivity contribution in [3.63, 3.8) is 0 Å². The van der Waals surface area contributed by atoms with Crippen molar-refractivity contribution in [3.05, 3.63) is 63.2 Å². The van der Waals surface area contributed by atoms with Gasteiger partial charge >= 0.3 is 5.97 Å². The third-order valence-electron chi connectivity index (χ3n) is 2.92. The van der Waals surface area contributed by atoms with Crippen molar-refractivity contribution in [1.82, 2.24) is 0 Å². The molecule has 0 spiro atoms. The molecule has 2 aromatic carbocycles. The van der Waals surface area contributed by atoms with Crippen LogP contribution in [0.25, 0.3) is 6.08 Å². The van der Waals surface area contributed by atoms with E-state index in [9.17, 15) is 14.9 Å². The van der Waals surface area contributed by atoms with Crippen molar-refractivity contribution in [2.75, 3.05) is 5.32 Å². The summed E-state index contributed by atoms with van der Waals surface area (Å²) >= 11 is 2.17. The number of carbonyl (C=O) groups is 2. The first-order valence-electron chi connectivity index (χ1n) is 6.95. The standard InChI is InChI=1S/C18H13IN2O3/c1-12(22)24-17-8-2-13(3-9-17)10-14(11-20)18(23)21-16-6-4-15(19)5-7-16/h2-10H,1H3,(H,21,23)/b14-10-. The van der Waals surface area contributed by atoms with Gasteiger partial charge in [-0.15, -0.1) is 0 Å². The second kappa shape index (κ2) is 8.26. The maximum atomic E-state index is 12.2. The highest BCUT2D eigenvalue weighted by molar-refractivity contribution is 14.1. The highest BCUT2D eigenvalue weighted by Crippen LogP contribution is 2.16. The Morgan fingerprint density at radius 3 is 2.29 bits per heavy atom. The van der Waals surface area contributed by atoms with Crippen LogP contribution in [0.15, 0.2) is 54.1 Å². The van der Waals surface area contributed by atoms with Gasteiger partial charge in [-0.3, -0.25) is 9.59 Å². The second-order valence-electron chi connectivity index (χ2n) is 4.79. The van der Waals surface area contributed by atoms with E-state index >= 15 is 0 Å². The predicted octanol–water partition coefficient (Wildman–Crippen LogP) is 3.76. The molecule has 0 fully saturated rings. The number of benzene rings is 2. The van der Waals surface area contributed by atoms with E-state index < -0.39 is 11.9 Å². The zero-order valence-corrected chi connectivity index (χ0v) is 14.9. The van der Waals surface area contributed by atoms with Gasteiger partial charge in [-0.2, -0.15) is 5.26 Å². The zero-order valence-electron chi connectivity index (χ0n) is 12.7. The fourth-order valence-electron chi connectivity index (χ4n) is 1.84. The highest BCUT2D eigenvalue weighted by atomic mass is 127. The molecular formula is C18H13IN2O3. The maximum Gasteiger partial charge on any atom is 0.308 e. The molecule has 0 atom stereocenters. The number of nitrogens with one attached hydrogen (secondary N) is 1. The SMILES string of the molecule is CC(=O)Oc1ccc(/C=C(/C#N)C(=O)Nc2ccc(I)cc2)cc1. The summed E-state index contributed by atoms with van der Waals surface area (Å²) in [7, 11) is 0. The molecule has 0 aliphatic heterocycles. The highest BCUT2D eigenvalue weighted by Gasteiger charge is 2.09. The van der Waals surface area contributed by atoms with Crippen LogP contribution in [-0.4, -0.2) is 11.9 Å². The van der Waals surface area contributed by atoms with E-state index in [1.54, 1.807) is 36.4 Å². The van der Waals surface area contributed by atoms with Gasteiger partial charge < -0.3 is 10.1 Å². The fourth-order valence-corrected chi connectivity index (χ4v) is 2.20. The topological polar surface area (TPSA) is 79.2 Å². The van der Waals surface area contributed by atoms with Gasteiger partial charge in [-0.05, 0) is 70.6 Å². The number of hydrogen-bond acceptors (Lipinski definition) is 4. The molecule has 0 aliphatic carbocycles. The Morgan fingerprint density at radius 2 is 1.75 bits per heavy atom. The fraction of sp³-hybridized carbons (Fsp3) is 0.0556. The molecule has 0 unspecified atom stereocenters. The lowest BCUT2D eigenvalue weighted by Crippen LogP contribution is -2.13. The van der Waals surface area contributed by atoms with Crippen molar-refractivity contribution < 1.29 is 14.3 Å². The Hall–Kier alpha value is -2.66. The zero-order chi connectivity index (χ0) is 17.5. The van der Waals surface area contributed by atoms with Crippen LogP contribution < -0.4 is 10.1 Å². The molecule has 1 amide bonds. The number of carbonyl (C=O) groups excluding carboxylic acids is 2. The van der Waals surface area contributed by atoms with Crippen LogP contribution in [-0.2, 0) is 9.59 Å². The summed E-state index contributed by atoms with van der Waals surface area (Å²) in [4.78, 5) is 23.0. The minimum absolute atomic E-state index is 0.0196. The summed E-state index contributed by atoms with van der Waals surface area (Å²) < 4.78 is 5.98. The van der Waals surface area contributed by atoms with Gasteiger partial charge in [0.05, 0.1) is 0 Å². The summed E-state index contributed by atoms with van der Waals surface area (Å²) in [6.07, 6.45) is 1.47. The molecule has 6 heteroatoms. The Labute approximate surface area is 153 Å². The van der Waals surface area contributed by atoms with Crippen molar-refractivity contribution in [2.24, 2.45) is 0 Å². The third kappa shape index (κ3) is 5.21. The lowest BCUT2D eigenvalue weighted by Gasteiger charge is -2.05. The van der Waals surface area contributed by atoms with E-state index in [1.807, 2.05) is 18.2 Å². The molecular weight excluding hydrogens is 419 g/mol.